The SMILES string of the molecule is O=S1(=O)c2ccccc2[C@H](O)[C@H](Cc2ccccn2)N1Cc1cccnc1. The number of fused-ring (bicyclic) bond motifs is 1. The molecule has 1 aliphatic rings. The summed E-state index contributed by atoms with van der Waals surface area (Å²) >= 11 is 0. The van der Waals surface area contributed by atoms with Crippen molar-refractivity contribution < 1.29 is 13.5 Å². The quantitative estimate of drug-likeness (QED) is 0.750. The molecule has 0 fully saturated rings. The molecule has 0 bridgehead atoms. The molecule has 0 aliphatic carbocycles. The van der Waals surface area contributed by atoms with Crippen LogP contribution in [0.5, 0.6) is 0 Å². The third-order valence-electron chi connectivity index (χ3n) is 4.76. The van der Waals surface area contributed by atoms with Gasteiger partial charge in [-0.3, -0.25) is 9.97 Å². The molecule has 4 rings (SSSR count). The zero-order chi connectivity index (χ0) is 18.9. The number of benzene rings is 1. The molecule has 1 N–H and O–H groups in total. The number of rotatable bonds is 4. The van der Waals surface area contributed by atoms with Crippen molar-refractivity contribution in [3.8, 4) is 0 Å². The lowest BCUT2D eigenvalue weighted by molar-refractivity contribution is 0.0764. The highest BCUT2D eigenvalue weighted by Gasteiger charge is 2.43. The Bertz CT molecular complexity index is 1030. The molecular formula is C20H19N3O3S. The monoisotopic (exact) mass is 381 g/mol. The average Bonchev–Trinajstić information content (AvgIpc) is 2.71. The molecule has 0 saturated carbocycles. The van der Waals surface area contributed by atoms with Crippen LogP contribution in [0.15, 0.2) is 78.1 Å². The zero-order valence-electron chi connectivity index (χ0n) is 14.5. The molecule has 0 unspecified atom stereocenters. The number of aromatic nitrogens is 2. The van der Waals surface area contributed by atoms with Gasteiger partial charge in [0.25, 0.3) is 0 Å². The van der Waals surface area contributed by atoms with Crippen LogP contribution in [0.25, 0.3) is 0 Å². The van der Waals surface area contributed by atoms with E-state index in [0.29, 0.717) is 12.0 Å². The van der Waals surface area contributed by atoms with Gasteiger partial charge in [0.1, 0.15) is 0 Å². The molecule has 3 heterocycles. The van der Waals surface area contributed by atoms with Gasteiger partial charge in [0, 0.05) is 42.8 Å². The molecule has 2 atom stereocenters. The van der Waals surface area contributed by atoms with Crippen LogP contribution in [-0.4, -0.2) is 33.8 Å². The molecule has 2 aromatic heterocycles. The second-order valence-electron chi connectivity index (χ2n) is 6.49. The number of pyridine rings is 2. The fraction of sp³-hybridized carbons (Fsp3) is 0.200. The maximum atomic E-state index is 13.3. The van der Waals surface area contributed by atoms with E-state index in [1.54, 1.807) is 55.0 Å². The summed E-state index contributed by atoms with van der Waals surface area (Å²) in [6, 6.07) is 15.1. The van der Waals surface area contributed by atoms with E-state index in [9.17, 15) is 13.5 Å². The lowest BCUT2D eigenvalue weighted by Crippen LogP contribution is -2.48. The van der Waals surface area contributed by atoms with E-state index in [4.69, 9.17) is 0 Å². The van der Waals surface area contributed by atoms with Gasteiger partial charge in [-0.05, 0) is 29.8 Å². The highest BCUT2D eigenvalue weighted by molar-refractivity contribution is 7.89. The largest absolute Gasteiger partial charge is 0.387 e. The van der Waals surface area contributed by atoms with Crippen molar-refractivity contribution >= 4 is 10.0 Å². The Morgan fingerprint density at radius 1 is 1.00 bits per heavy atom. The van der Waals surface area contributed by atoms with Crippen LogP contribution >= 0.6 is 0 Å². The standard InChI is InChI=1S/C20H19N3O3S/c24-20-17-8-1-2-9-19(17)27(25,26)23(14-15-6-5-10-21-13-15)18(20)12-16-7-3-4-11-22-16/h1-11,13,18,20,24H,12,14H2/t18-,20-/m0/s1. The van der Waals surface area contributed by atoms with Gasteiger partial charge in [-0.1, -0.05) is 30.3 Å². The predicted octanol–water partition coefficient (Wildman–Crippen LogP) is 2.33. The minimum Gasteiger partial charge on any atom is -0.387 e. The number of hydrogen-bond donors (Lipinski definition) is 1. The Hall–Kier alpha value is -2.61. The fourth-order valence-electron chi connectivity index (χ4n) is 3.45. The second-order valence-corrected chi connectivity index (χ2v) is 8.35. The van der Waals surface area contributed by atoms with Crippen molar-refractivity contribution in [2.75, 3.05) is 0 Å². The van der Waals surface area contributed by atoms with Gasteiger partial charge in [0.15, 0.2) is 0 Å². The van der Waals surface area contributed by atoms with Crippen LogP contribution in [0.3, 0.4) is 0 Å². The van der Waals surface area contributed by atoms with E-state index in [2.05, 4.69) is 9.97 Å². The first-order valence-corrected chi connectivity index (χ1v) is 10.1. The molecule has 7 heteroatoms. The second kappa shape index (κ2) is 7.19. The van der Waals surface area contributed by atoms with Crippen LogP contribution in [0.4, 0.5) is 0 Å². The molecule has 138 valence electrons. The number of aliphatic hydroxyl groups excluding tert-OH is 1. The summed E-state index contributed by atoms with van der Waals surface area (Å²) in [7, 11) is -3.77. The van der Waals surface area contributed by atoms with E-state index in [0.717, 1.165) is 11.3 Å². The van der Waals surface area contributed by atoms with Crippen LogP contribution in [-0.2, 0) is 23.0 Å². The third-order valence-corrected chi connectivity index (χ3v) is 6.71. The summed E-state index contributed by atoms with van der Waals surface area (Å²) in [4.78, 5) is 8.53. The summed E-state index contributed by atoms with van der Waals surface area (Å²) in [6.07, 6.45) is 4.32. The highest BCUT2D eigenvalue weighted by Crippen LogP contribution is 2.38. The zero-order valence-corrected chi connectivity index (χ0v) is 15.3. The first kappa shape index (κ1) is 17.8. The van der Waals surface area contributed by atoms with Crippen LogP contribution in [0.1, 0.15) is 22.9 Å². The Balaban J connectivity index is 1.80. The maximum absolute atomic E-state index is 13.3. The average molecular weight is 381 g/mol. The lowest BCUT2D eigenvalue weighted by Gasteiger charge is -2.39. The van der Waals surface area contributed by atoms with Gasteiger partial charge in [0.05, 0.1) is 17.0 Å². The molecule has 0 saturated heterocycles. The number of aliphatic hydroxyl groups is 1. The first-order valence-electron chi connectivity index (χ1n) is 8.65. The van der Waals surface area contributed by atoms with Crippen LogP contribution in [0, 0.1) is 0 Å². The van der Waals surface area contributed by atoms with Crippen molar-refractivity contribution in [1.82, 2.24) is 14.3 Å². The van der Waals surface area contributed by atoms with Gasteiger partial charge >= 0.3 is 0 Å². The Labute approximate surface area is 158 Å². The normalized spacial score (nSPS) is 21.5. The number of sulfonamides is 1. The van der Waals surface area contributed by atoms with Gasteiger partial charge in [0.2, 0.25) is 10.0 Å². The minimum absolute atomic E-state index is 0.138. The van der Waals surface area contributed by atoms with E-state index < -0.39 is 22.2 Å². The van der Waals surface area contributed by atoms with Crippen molar-refractivity contribution in [2.45, 2.75) is 30.0 Å². The highest BCUT2D eigenvalue weighted by atomic mass is 32.2. The molecule has 1 aromatic carbocycles. The van der Waals surface area contributed by atoms with Crippen LogP contribution in [0.2, 0.25) is 0 Å². The molecule has 0 spiro atoms. The van der Waals surface area contributed by atoms with E-state index in [-0.39, 0.29) is 11.4 Å². The fourth-order valence-corrected chi connectivity index (χ4v) is 5.30. The van der Waals surface area contributed by atoms with Crippen molar-refractivity contribution in [1.29, 1.82) is 0 Å². The summed E-state index contributed by atoms with van der Waals surface area (Å²) in [6.45, 7) is 0.138. The molecule has 6 nitrogen and oxygen atoms in total. The van der Waals surface area contributed by atoms with Crippen molar-refractivity contribution in [2.24, 2.45) is 0 Å². The molecule has 0 radical (unpaired) electrons. The smallest absolute Gasteiger partial charge is 0.244 e. The molecule has 27 heavy (non-hydrogen) atoms. The Kier molecular flexibility index (Phi) is 4.73. The summed E-state index contributed by atoms with van der Waals surface area (Å²) < 4.78 is 28.0. The minimum atomic E-state index is -3.77. The third kappa shape index (κ3) is 3.37. The molecule has 3 aromatic rings. The van der Waals surface area contributed by atoms with Crippen molar-refractivity contribution in [3.05, 3.63) is 90.0 Å². The van der Waals surface area contributed by atoms with Gasteiger partial charge in [-0.2, -0.15) is 4.31 Å². The number of nitrogens with zero attached hydrogens (tertiary/aromatic N) is 3. The predicted molar refractivity (Wildman–Crippen MR) is 100 cm³/mol. The first-order chi connectivity index (χ1) is 13.1. The summed E-state index contributed by atoms with van der Waals surface area (Å²) in [5.41, 5.74) is 1.92. The number of hydrogen-bond acceptors (Lipinski definition) is 5. The summed E-state index contributed by atoms with van der Waals surface area (Å²) in [5, 5.41) is 11.0. The Morgan fingerprint density at radius 3 is 2.56 bits per heavy atom. The van der Waals surface area contributed by atoms with E-state index in [1.807, 2.05) is 18.2 Å². The maximum Gasteiger partial charge on any atom is 0.244 e. The van der Waals surface area contributed by atoms with E-state index >= 15 is 0 Å². The van der Waals surface area contributed by atoms with Gasteiger partial charge in [-0.25, -0.2) is 8.42 Å². The molecule has 0 amide bonds. The lowest BCUT2D eigenvalue weighted by atomic mass is 9.97. The van der Waals surface area contributed by atoms with Gasteiger partial charge < -0.3 is 5.11 Å². The summed E-state index contributed by atoms with van der Waals surface area (Å²) in [5.74, 6) is 0. The molecular weight excluding hydrogens is 362 g/mol. The van der Waals surface area contributed by atoms with Gasteiger partial charge in [-0.15, -0.1) is 0 Å². The Morgan fingerprint density at radius 2 is 1.81 bits per heavy atom. The topological polar surface area (TPSA) is 83.4 Å². The van der Waals surface area contributed by atoms with Crippen LogP contribution < -0.4 is 0 Å². The van der Waals surface area contributed by atoms with Crippen molar-refractivity contribution in [3.63, 3.8) is 0 Å². The molecule has 1 aliphatic heterocycles. The van der Waals surface area contributed by atoms with E-state index in [1.165, 1.54) is 4.31 Å².